The largest absolute Gasteiger partial charge is 0.307 e. The molecule has 1 heterocycles. The molecule has 0 spiro atoms. The van der Waals surface area contributed by atoms with Crippen LogP contribution in [0.25, 0.3) is 0 Å². The van der Waals surface area contributed by atoms with Crippen LogP contribution in [0.15, 0.2) is 0 Å². The maximum Gasteiger partial charge on any atom is 0.168 e. The molecule has 0 radical (unpaired) electrons. The van der Waals surface area contributed by atoms with Gasteiger partial charge >= 0.3 is 0 Å². The van der Waals surface area contributed by atoms with Gasteiger partial charge in [-0.05, 0) is 48.6 Å². The summed E-state index contributed by atoms with van der Waals surface area (Å²) in [5, 5.41) is 16.0. The van der Waals surface area contributed by atoms with Crippen molar-refractivity contribution in [2.75, 3.05) is 6.54 Å². The van der Waals surface area contributed by atoms with E-state index in [4.69, 9.17) is 0 Å². The molecule has 1 fully saturated rings. The highest BCUT2D eigenvalue weighted by molar-refractivity contribution is 4.94. The predicted molar refractivity (Wildman–Crippen MR) is 80.4 cm³/mol. The number of tetrazole rings is 1. The van der Waals surface area contributed by atoms with Crippen molar-refractivity contribution in [2.45, 2.75) is 71.9 Å². The summed E-state index contributed by atoms with van der Waals surface area (Å²) in [6, 6.07) is 0.703. The molecule has 3 atom stereocenters. The minimum Gasteiger partial charge on any atom is -0.307 e. The molecule has 1 aromatic heterocycles. The molecule has 114 valence electrons. The van der Waals surface area contributed by atoms with E-state index in [1.54, 1.807) is 0 Å². The summed E-state index contributed by atoms with van der Waals surface area (Å²) in [6.45, 7) is 9.88. The van der Waals surface area contributed by atoms with Crippen LogP contribution >= 0.6 is 0 Å². The van der Waals surface area contributed by atoms with E-state index in [1.165, 1.54) is 32.1 Å². The van der Waals surface area contributed by atoms with Crippen molar-refractivity contribution in [3.8, 4) is 0 Å². The lowest BCUT2D eigenvalue weighted by molar-refractivity contribution is 0.206. The van der Waals surface area contributed by atoms with Crippen molar-refractivity contribution in [3.63, 3.8) is 0 Å². The molecular formula is C15H29N5. The van der Waals surface area contributed by atoms with Gasteiger partial charge in [0.1, 0.15) is 0 Å². The van der Waals surface area contributed by atoms with E-state index in [1.807, 2.05) is 0 Å². The third kappa shape index (κ3) is 3.57. The van der Waals surface area contributed by atoms with E-state index in [2.05, 4.69) is 53.2 Å². The van der Waals surface area contributed by atoms with Gasteiger partial charge in [-0.1, -0.05) is 40.0 Å². The molecule has 0 saturated heterocycles. The van der Waals surface area contributed by atoms with Gasteiger partial charge in [0.25, 0.3) is 0 Å². The lowest BCUT2D eigenvalue weighted by Gasteiger charge is -2.31. The van der Waals surface area contributed by atoms with E-state index < -0.39 is 0 Å². The maximum absolute atomic E-state index is 4.30. The molecule has 5 heteroatoms. The number of nitrogens with one attached hydrogen (secondary N) is 1. The van der Waals surface area contributed by atoms with Crippen LogP contribution in [0, 0.1) is 11.8 Å². The Hall–Kier alpha value is -0.970. The molecule has 1 saturated carbocycles. The lowest BCUT2D eigenvalue weighted by Crippen LogP contribution is -2.30. The van der Waals surface area contributed by atoms with Crippen LogP contribution in [0.1, 0.15) is 77.7 Å². The molecule has 0 aromatic carbocycles. The van der Waals surface area contributed by atoms with Gasteiger partial charge in [0.05, 0.1) is 12.1 Å². The third-order valence-electron chi connectivity index (χ3n) is 4.45. The Morgan fingerprint density at radius 2 is 2.00 bits per heavy atom. The van der Waals surface area contributed by atoms with Gasteiger partial charge in [-0.15, -0.1) is 5.10 Å². The highest BCUT2D eigenvalue weighted by atomic mass is 15.6. The zero-order chi connectivity index (χ0) is 14.5. The molecule has 3 unspecified atom stereocenters. The van der Waals surface area contributed by atoms with Crippen LogP contribution in [-0.2, 0) is 0 Å². The Balaban J connectivity index is 2.10. The first-order valence-electron chi connectivity index (χ1n) is 8.14. The first kappa shape index (κ1) is 15.4. The summed E-state index contributed by atoms with van der Waals surface area (Å²) in [6.07, 6.45) is 6.40. The third-order valence-corrected chi connectivity index (χ3v) is 4.45. The average Bonchev–Trinajstić information content (AvgIpc) is 2.93. The maximum atomic E-state index is 4.30. The molecule has 2 rings (SSSR count). The van der Waals surface area contributed by atoms with Crippen LogP contribution < -0.4 is 5.32 Å². The standard InChI is InChI=1S/C15H29N5/c1-5-13-8-6-7-9-14(13)20-15(17-18-19-20)12(4)16-10-11(2)3/h11-14,16H,5-10H2,1-4H3. The van der Waals surface area contributed by atoms with E-state index in [-0.39, 0.29) is 6.04 Å². The molecule has 5 nitrogen and oxygen atoms in total. The summed E-state index contributed by atoms with van der Waals surface area (Å²) in [5.74, 6) is 2.36. The quantitative estimate of drug-likeness (QED) is 0.869. The van der Waals surface area contributed by atoms with Crippen LogP contribution in [0.3, 0.4) is 0 Å². The van der Waals surface area contributed by atoms with E-state index in [0.717, 1.165) is 18.3 Å². The van der Waals surface area contributed by atoms with E-state index in [0.29, 0.717) is 12.0 Å². The van der Waals surface area contributed by atoms with Crippen LogP contribution in [0.2, 0.25) is 0 Å². The fraction of sp³-hybridized carbons (Fsp3) is 0.933. The molecule has 20 heavy (non-hydrogen) atoms. The molecule has 0 amide bonds. The molecule has 0 aliphatic heterocycles. The Bertz CT molecular complexity index is 401. The number of nitrogens with zero attached hydrogens (tertiary/aromatic N) is 4. The minimum absolute atomic E-state index is 0.215. The van der Waals surface area contributed by atoms with Gasteiger partial charge in [-0.25, -0.2) is 4.68 Å². The smallest absolute Gasteiger partial charge is 0.168 e. The predicted octanol–water partition coefficient (Wildman–Crippen LogP) is 3.12. The van der Waals surface area contributed by atoms with Gasteiger partial charge < -0.3 is 5.32 Å². The summed E-state index contributed by atoms with van der Waals surface area (Å²) < 4.78 is 2.10. The molecule has 1 aromatic rings. The molecule has 1 N–H and O–H groups in total. The highest BCUT2D eigenvalue weighted by Gasteiger charge is 2.29. The van der Waals surface area contributed by atoms with Crippen LogP contribution in [0.4, 0.5) is 0 Å². The van der Waals surface area contributed by atoms with Gasteiger partial charge in [0, 0.05) is 0 Å². The molecule has 1 aliphatic rings. The van der Waals surface area contributed by atoms with Crippen molar-refractivity contribution in [3.05, 3.63) is 5.82 Å². The van der Waals surface area contributed by atoms with Crippen molar-refractivity contribution in [2.24, 2.45) is 11.8 Å². The van der Waals surface area contributed by atoms with Crippen molar-refractivity contribution in [1.29, 1.82) is 0 Å². The Labute approximate surface area is 122 Å². The van der Waals surface area contributed by atoms with Crippen LogP contribution in [0.5, 0.6) is 0 Å². The van der Waals surface area contributed by atoms with Gasteiger partial charge in [-0.2, -0.15) is 0 Å². The van der Waals surface area contributed by atoms with Crippen molar-refractivity contribution >= 4 is 0 Å². The topological polar surface area (TPSA) is 55.6 Å². The Morgan fingerprint density at radius 1 is 1.25 bits per heavy atom. The average molecular weight is 279 g/mol. The van der Waals surface area contributed by atoms with E-state index in [9.17, 15) is 0 Å². The molecule has 1 aliphatic carbocycles. The summed E-state index contributed by atoms with van der Waals surface area (Å²) >= 11 is 0. The summed E-state index contributed by atoms with van der Waals surface area (Å²) in [7, 11) is 0. The Morgan fingerprint density at radius 3 is 2.70 bits per heavy atom. The second kappa shape index (κ2) is 7.16. The van der Waals surface area contributed by atoms with Gasteiger partial charge in [0.2, 0.25) is 0 Å². The fourth-order valence-corrected chi connectivity index (χ4v) is 3.21. The lowest BCUT2D eigenvalue weighted by atomic mass is 9.83. The number of hydrogen-bond donors (Lipinski definition) is 1. The number of aromatic nitrogens is 4. The second-order valence-corrected chi connectivity index (χ2v) is 6.53. The second-order valence-electron chi connectivity index (χ2n) is 6.53. The summed E-state index contributed by atoms with van der Waals surface area (Å²) in [5.41, 5.74) is 0. The zero-order valence-electron chi connectivity index (χ0n) is 13.3. The fourth-order valence-electron chi connectivity index (χ4n) is 3.21. The highest BCUT2D eigenvalue weighted by Crippen LogP contribution is 2.36. The molecular weight excluding hydrogens is 250 g/mol. The van der Waals surface area contributed by atoms with Gasteiger partial charge in [-0.3, -0.25) is 0 Å². The first-order chi connectivity index (χ1) is 9.63. The SMILES string of the molecule is CCC1CCCCC1n1nnnc1C(C)NCC(C)C. The van der Waals surface area contributed by atoms with Gasteiger partial charge in [0.15, 0.2) is 5.82 Å². The first-order valence-corrected chi connectivity index (χ1v) is 8.14. The molecule has 0 bridgehead atoms. The normalized spacial score (nSPS) is 25.1. The zero-order valence-corrected chi connectivity index (χ0v) is 13.3. The Kier molecular flexibility index (Phi) is 5.52. The van der Waals surface area contributed by atoms with Crippen molar-refractivity contribution < 1.29 is 0 Å². The monoisotopic (exact) mass is 279 g/mol. The van der Waals surface area contributed by atoms with Crippen molar-refractivity contribution in [1.82, 2.24) is 25.5 Å². The summed E-state index contributed by atoms with van der Waals surface area (Å²) in [4.78, 5) is 0. The number of hydrogen-bond acceptors (Lipinski definition) is 4. The van der Waals surface area contributed by atoms with E-state index >= 15 is 0 Å². The number of rotatable bonds is 6. The van der Waals surface area contributed by atoms with Crippen LogP contribution in [-0.4, -0.2) is 26.8 Å². The minimum atomic E-state index is 0.215.